The number of hydrogen-bond donors (Lipinski definition) is 1. The lowest BCUT2D eigenvalue weighted by molar-refractivity contribution is -0.128. The molecule has 1 N–H and O–H groups in total. The summed E-state index contributed by atoms with van der Waals surface area (Å²) in [5, 5.41) is 12.3. The van der Waals surface area contributed by atoms with E-state index in [1.165, 1.54) is 6.20 Å². The number of amides is 1. The quantitative estimate of drug-likeness (QED) is 0.671. The summed E-state index contributed by atoms with van der Waals surface area (Å²) in [7, 11) is 5.96. The molecule has 122 valence electrons. The van der Waals surface area contributed by atoms with E-state index < -0.39 is 0 Å². The average Bonchev–Trinajstić information content (AvgIpc) is 2.56. The molecule has 0 aliphatic carbocycles. The van der Waals surface area contributed by atoms with Crippen molar-refractivity contribution in [2.75, 3.05) is 57.5 Å². The number of likely N-dealkylation sites (N-methyl/N-ethyl adjacent to an activating group) is 1. The number of nitriles is 1. The minimum absolute atomic E-state index is 0.129. The summed E-state index contributed by atoms with van der Waals surface area (Å²) >= 11 is 0. The van der Waals surface area contributed by atoms with Gasteiger partial charge in [-0.25, -0.2) is 0 Å². The van der Waals surface area contributed by atoms with Crippen LogP contribution in [0.4, 0.5) is 11.4 Å². The van der Waals surface area contributed by atoms with Crippen molar-refractivity contribution in [1.29, 1.82) is 5.26 Å². The van der Waals surface area contributed by atoms with Crippen molar-refractivity contribution in [3.05, 3.63) is 36.0 Å². The van der Waals surface area contributed by atoms with Crippen LogP contribution in [0.1, 0.15) is 0 Å². The van der Waals surface area contributed by atoms with Crippen LogP contribution in [0.25, 0.3) is 0 Å². The lowest BCUT2D eigenvalue weighted by Gasteiger charge is -2.32. The second-order valence-corrected chi connectivity index (χ2v) is 5.85. The Hall–Kier alpha value is -2.52. The van der Waals surface area contributed by atoms with Crippen LogP contribution < -0.4 is 10.2 Å². The molecular formula is C17H23N5O. The predicted octanol–water partition coefficient (Wildman–Crippen LogP) is 1.35. The van der Waals surface area contributed by atoms with E-state index in [0.29, 0.717) is 13.1 Å². The van der Waals surface area contributed by atoms with Gasteiger partial charge in [-0.15, -0.1) is 0 Å². The molecule has 1 aliphatic heterocycles. The first kappa shape index (κ1) is 16.8. The topological polar surface area (TPSA) is 62.6 Å². The predicted molar refractivity (Wildman–Crippen MR) is 92.2 cm³/mol. The molecule has 1 aliphatic rings. The average molecular weight is 313 g/mol. The van der Waals surface area contributed by atoms with Crippen LogP contribution in [0.5, 0.6) is 0 Å². The molecule has 0 aromatic heterocycles. The highest BCUT2D eigenvalue weighted by Crippen LogP contribution is 2.17. The Bertz CT molecular complexity index is 624. The van der Waals surface area contributed by atoms with Crippen LogP contribution in [-0.4, -0.2) is 63.0 Å². The summed E-state index contributed by atoms with van der Waals surface area (Å²) in [5.41, 5.74) is 2.02. The molecule has 1 fully saturated rings. The van der Waals surface area contributed by atoms with Gasteiger partial charge >= 0.3 is 0 Å². The summed E-state index contributed by atoms with van der Waals surface area (Å²) in [6.45, 7) is 2.99. The van der Waals surface area contributed by atoms with Crippen molar-refractivity contribution in [3.63, 3.8) is 0 Å². The highest BCUT2D eigenvalue weighted by atomic mass is 16.2. The molecule has 6 nitrogen and oxygen atoms in total. The number of rotatable bonds is 4. The van der Waals surface area contributed by atoms with Gasteiger partial charge in [-0.05, 0) is 25.2 Å². The number of nitrogens with one attached hydrogen (secondary N) is 1. The third-order valence-electron chi connectivity index (χ3n) is 3.89. The minimum atomic E-state index is -0.211. The smallest absolute Gasteiger partial charge is 0.266 e. The van der Waals surface area contributed by atoms with Crippen molar-refractivity contribution in [2.24, 2.45) is 0 Å². The van der Waals surface area contributed by atoms with E-state index in [-0.39, 0.29) is 11.5 Å². The molecule has 1 amide bonds. The van der Waals surface area contributed by atoms with Gasteiger partial charge in [0.2, 0.25) is 0 Å². The first-order chi connectivity index (χ1) is 11.0. The Morgan fingerprint density at radius 2 is 2.00 bits per heavy atom. The maximum Gasteiger partial charge on any atom is 0.266 e. The van der Waals surface area contributed by atoms with Crippen LogP contribution >= 0.6 is 0 Å². The number of carbonyl (C=O) groups excluding carboxylic acids is 1. The number of nitrogens with zero attached hydrogens (tertiary/aromatic N) is 4. The number of anilines is 2. The number of hydrogen-bond acceptors (Lipinski definition) is 5. The van der Waals surface area contributed by atoms with Gasteiger partial charge < -0.3 is 20.0 Å². The molecule has 0 atom stereocenters. The fourth-order valence-corrected chi connectivity index (χ4v) is 2.35. The van der Waals surface area contributed by atoms with Gasteiger partial charge in [0.05, 0.1) is 0 Å². The molecular weight excluding hydrogens is 290 g/mol. The molecule has 0 saturated carbocycles. The van der Waals surface area contributed by atoms with Crippen LogP contribution in [-0.2, 0) is 4.79 Å². The molecule has 1 aromatic carbocycles. The van der Waals surface area contributed by atoms with E-state index in [1.807, 2.05) is 56.4 Å². The van der Waals surface area contributed by atoms with Crippen LogP contribution in [0.15, 0.2) is 36.0 Å². The Kier molecular flexibility index (Phi) is 5.61. The highest BCUT2D eigenvalue weighted by molar-refractivity contribution is 5.97. The molecule has 1 aromatic rings. The van der Waals surface area contributed by atoms with E-state index in [9.17, 15) is 10.1 Å². The van der Waals surface area contributed by atoms with Crippen molar-refractivity contribution >= 4 is 17.3 Å². The second-order valence-electron chi connectivity index (χ2n) is 5.85. The van der Waals surface area contributed by atoms with Gasteiger partial charge in [0.25, 0.3) is 5.91 Å². The number of piperazine rings is 1. The molecule has 1 saturated heterocycles. The molecule has 6 heteroatoms. The lowest BCUT2D eigenvalue weighted by atomic mass is 10.2. The van der Waals surface area contributed by atoms with E-state index in [1.54, 1.807) is 4.90 Å². The molecule has 0 spiro atoms. The van der Waals surface area contributed by atoms with E-state index in [4.69, 9.17) is 0 Å². The van der Waals surface area contributed by atoms with E-state index >= 15 is 0 Å². The van der Waals surface area contributed by atoms with Gasteiger partial charge in [-0.2, -0.15) is 5.26 Å². The summed E-state index contributed by atoms with van der Waals surface area (Å²) in [5.74, 6) is -0.211. The Morgan fingerprint density at radius 1 is 1.30 bits per heavy atom. The van der Waals surface area contributed by atoms with Gasteiger partial charge in [0.1, 0.15) is 11.6 Å². The zero-order valence-corrected chi connectivity index (χ0v) is 13.9. The monoisotopic (exact) mass is 313 g/mol. The summed E-state index contributed by atoms with van der Waals surface area (Å²) in [6.07, 6.45) is 1.50. The van der Waals surface area contributed by atoms with Gasteiger partial charge in [-0.1, -0.05) is 6.07 Å². The normalized spacial score (nSPS) is 15.9. The first-order valence-electron chi connectivity index (χ1n) is 7.63. The molecule has 0 bridgehead atoms. The van der Waals surface area contributed by atoms with Crippen LogP contribution in [0.3, 0.4) is 0 Å². The van der Waals surface area contributed by atoms with Crippen molar-refractivity contribution < 1.29 is 4.79 Å². The summed E-state index contributed by atoms with van der Waals surface area (Å²) in [4.78, 5) is 18.3. The van der Waals surface area contributed by atoms with E-state index in [0.717, 1.165) is 24.5 Å². The molecule has 1 heterocycles. The number of benzene rings is 1. The standard InChI is InChI=1S/C17H23N5O/c1-20(2)16-6-4-5-15(11-16)19-13-14(12-18)17(23)22-9-7-21(3)8-10-22/h4-6,11,13,19H,7-10H2,1-3H3/b14-13-. The van der Waals surface area contributed by atoms with Crippen LogP contribution in [0, 0.1) is 11.3 Å². The lowest BCUT2D eigenvalue weighted by Crippen LogP contribution is -2.47. The molecule has 0 unspecified atom stereocenters. The third-order valence-corrected chi connectivity index (χ3v) is 3.89. The molecule has 0 radical (unpaired) electrons. The first-order valence-corrected chi connectivity index (χ1v) is 7.63. The maximum atomic E-state index is 12.4. The minimum Gasteiger partial charge on any atom is -0.378 e. The fourth-order valence-electron chi connectivity index (χ4n) is 2.35. The Balaban J connectivity index is 2.05. The Morgan fingerprint density at radius 3 is 2.61 bits per heavy atom. The van der Waals surface area contributed by atoms with Gasteiger partial charge in [0.15, 0.2) is 0 Å². The largest absolute Gasteiger partial charge is 0.378 e. The van der Waals surface area contributed by atoms with E-state index in [2.05, 4.69) is 10.2 Å². The second kappa shape index (κ2) is 7.65. The van der Waals surface area contributed by atoms with Crippen molar-refractivity contribution in [3.8, 4) is 6.07 Å². The summed E-state index contributed by atoms with van der Waals surface area (Å²) in [6, 6.07) is 9.79. The zero-order chi connectivity index (χ0) is 16.8. The number of carbonyl (C=O) groups is 1. The van der Waals surface area contributed by atoms with Gasteiger partial charge in [0, 0.05) is 57.8 Å². The molecule has 2 rings (SSSR count). The van der Waals surface area contributed by atoms with Crippen molar-refractivity contribution in [2.45, 2.75) is 0 Å². The third kappa shape index (κ3) is 4.47. The maximum absolute atomic E-state index is 12.4. The summed E-state index contributed by atoms with van der Waals surface area (Å²) < 4.78 is 0. The Labute approximate surface area is 137 Å². The highest BCUT2D eigenvalue weighted by Gasteiger charge is 2.22. The van der Waals surface area contributed by atoms with Crippen molar-refractivity contribution in [1.82, 2.24) is 9.80 Å². The zero-order valence-electron chi connectivity index (χ0n) is 13.9. The fraction of sp³-hybridized carbons (Fsp3) is 0.412. The van der Waals surface area contributed by atoms with Crippen LogP contribution in [0.2, 0.25) is 0 Å². The van der Waals surface area contributed by atoms with Gasteiger partial charge in [-0.3, -0.25) is 4.79 Å². The molecule has 23 heavy (non-hydrogen) atoms. The SMILES string of the molecule is CN1CCN(C(=O)/C(C#N)=C\Nc2cccc(N(C)C)c2)CC1.